The Bertz CT molecular complexity index is 211. The molecule has 1 aliphatic rings. The van der Waals surface area contributed by atoms with Gasteiger partial charge in [0.1, 0.15) is 0 Å². The minimum atomic E-state index is -0.760. The number of ether oxygens (including phenoxy) is 1. The number of carboxylic acid groups (broad SMARTS) is 1. The Balaban J connectivity index is 2.53. The first kappa shape index (κ1) is 12.4. The van der Waals surface area contributed by atoms with Crippen molar-refractivity contribution in [2.45, 2.75) is 19.4 Å². The summed E-state index contributed by atoms with van der Waals surface area (Å²) in [5.74, 6) is -1.15. The number of carboxylic acids is 1. The molecule has 1 saturated heterocycles. The van der Waals surface area contributed by atoms with Crippen LogP contribution in [0.15, 0.2) is 0 Å². The molecule has 0 amide bonds. The molecule has 1 aliphatic heterocycles. The van der Waals surface area contributed by atoms with Crippen LogP contribution in [-0.4, -0.2) is 54.9 Å². The summed E-state index contributed by atoms with van der Waals surface area (Å²) in [6.45, 7) is 5.23. The van der Waals surface area contributed by atoms with Crippen molar-refractivity contribution in [2.75, 3.05) is 32.8 Å². The van der Waals surface area contributed by atoms with Crippen molar-refractivity contribution in [1.29, 1.82) is 0 Å². The Morgan fingerprint density at radius 1 is 1.60 bits per heavy atom. The third-order valence-electron chi connectivity index (χ3n) is 2.89. The maximum absolute atomic E-state index is 11.0. The number of rotatable bonds is 6. The highest BCUT2D eigenvalue weighted by atomic mass is 16.5. The van der Waals surface area contributed by atoms with Crippen LogP contribution in [0.4, 0.5) is 0 Å². The van der Waals surface area contributed by atoms with Gasteiger partial charge in [-0.2, -0.15) is 0 Å². The van der Waals surface area contributed by atoms with E-state index in [2.05, 4.69) is 4.90 Å². The van der Waals surface area contributed by atoms with E-state index in [0.717, 1.165) is 19.5 Å². The minimum Gasteiger partial charge on any atom is -0.481 e. The van der Waals surface area contributed by atoms with Gasteiger partial charge < -0.3 is 15.6 Å². The molecule has 1 fully saturated rings. The molecule has 0 saturated carbocycles. The Labute approximate surface area is 90.2 Å². The average Bonchev–Trinajstić information content (AvgIpc) is 2.68. The van der Waals surface area contributed by atoms with E-state index in [0.29, 0.717) is 19.8 Å². The maximum atomic E-state index is 11.0. The molecule has 15 heavy (non-hydrogen) atoms. The average molecular weight is 216 g/mol. The summed E-state index contributed by atoms with van der Waals surface area (Å²) in [6, 6.07) is 0.0130. The summed E-state index contributed by atoms with van der Waals surface area (Å²) in [5.41, 5.74) is 5.45. The first-order chi connectivity index (χ1) is 7.20. The van der Waals surface area contributed by atoms with E-state index in [1.165, 1.54) is 0 Å². The van der Waals surface area contributed by atoms with Crippen LogP contribution in [0.3, 0.4) is 0 Å². The fourth-order valence-corrected chi connectivity index (χ4v) is 1.99. The monoisotopic (exact) mass is 216 g/mol. The first-order valence-electron chi connectivity index (χ1n) is 5.45. The summed E-state index contributed by atoms with van der Waals surface area (Å²) in [6.07, 6.45) is 0.899. The number of likely N-dealkylation sites (N-methyl/N-ethyl adjacent to an activating group) is 1. The molecular weight excluding hydrogens is 196 g/mol. The number of nitrogens with zero attached hydrogens (tertiary/aromatic N) is 1. The number of hydrogen-bond acceptors (Lipinski definition) is 4. The zero-order valence-corrected chi connectivity index (χ0v) is 9.19. The Morgan fingerprint density at radius 2 is 2.33 bits per heavy atom. The van der Waals surface area contributed by atoms with E-state index in [4.69, 9.17) is 15.6 Å². The summed E-state index contributed by atoms with van der Waals surface area (Å²) in [7, 11) is 0. The molecule has 0 spiro atoms. The quantitative estimate of drug-likeness (QED) is 0.640. The van der Waals surface area contributed by atoms with Gasteiger partial charge in [0.25, 0.3) is 0 Å². The molecule has 0 aromatic carbocycles. The fourth-order valence-electron chi connectivity index (χ4n) is 1.99. The number of nitrogens with two attached hydrogens (primary N) is 1. The van der Waals surface area contributed by atoms with Gasteiger partial charge in [-0.15, -0.1) is 0 Å². The van der Waals surface area contributed by atoms with Gasteiger partial charge >= 0.3 is 5.97 Å². The van der Waals surface area contributed by atoms with Crippen molar-refractivity contribution in [3.8, 4) is 0 Å². The van der Waals surface area contributed by atoms with Gasteiger partial charge in [-0.25, -0.2) is 0 Å². The highest BCUT2D eigenvalue weighted by molar-refractivity contribution is 5.71. The van der Waals surface area contributed by atoms with Crippen LogP contribution in [0.25, 0.3) is 0 Å². The van der Waals surface area contributed by atoms with Gasteiger partial charge in [0.2, 0.25) is 0 Å². The largest absolute Gasteiger partial charge is 0.481 e. The topological polar surface area (TPSA) is 75.8 Å². The highest BCUT2D eigenvalue weighted by Gasteiger charge is 2.37. The Hall–Kier alpha value is -0.650. The van der Waals surface area contributed by atoms with Gasteiger partial charge in [-0.1, -0.05) is 6.92 Å². The molecule has 5 heteroatoms. The summed E-state index contributed by atoms with van der Waals surface area (Å²) >= 11 is 0. The Kier molecular flexibility index (Phi) is 5.01. The number of carbonyl (C=O) groups is 1. The normalized spacial score (nSPS) is 26.1. The minimum absolute atomic E-state index is 0.0130. The zero-order valence-electron chi connectivity index (χ0n) is 9.19. The fraction of sp³-hybridized carbons (Fsp3) is 0.900. The van der Waals surface area contributed by atoms with Gasteiger partial charge in [0, 0.05) is 6.04 Å². The molecule has 2 unspecified atom stereocenters. The Morgan fingerprint density at radius 3 is 2.87 bits per heavy atom. The third kappa shape index (κ3) is 3.15. The first-order valence-corrected chi connectivity index (χ1v) is 5.45. The molecular formula is C10H20N2O3. The van der Waals surface area contributed by atoms with Crippen LogP contribution in [-0.2, 0) is 9.53 Å². The van der Waals surface area contributed by atoms with Crippen molar-refractivity contribution < 1.29 is 14.6 Å². The summed E-state index contributed by atoms with van der Waals surface area (Å²) in [5, 5.41) is 9.02. The van der Waals surface area contributed by atoms with Gasteiger partial charge in [0.15, 0.2) is 0 Å². The van der Waals surface area contributed by atoms with Crippen molar-refractivity contribution in [2.24, 2.45) is 11.7 Å². The summed E-state index contributed by atoms with van der Waals surface area (Å²) < 4.78 is 5.24. The molecule has 3 N–H and O–H groups in total. The molecule has 5 nitrogen and oxygen atoms in total. The van der Waals surface area contributed by atoms with E-state index in [1.54, 1.807) is 0 Å². The lowest BCUT2D eigenvalue weighted by atomic mass is 10.0. The molecule has 0 bridgehead atoms. The van der Waals surface area contributed by atoms with Crippen molar-refractivity contribution >= 4 is 5.97 Å². The SMILES string of the molecule is CCN(CCCN)C1COCC1C(=O)O. The molecule has 88 valence electrons. The van der Waals surface area contributed by atoms with Crippen LogP contribution >= 0.6 is 0 Å². The predicted octanol–water partition coefficient (Wildman–Crippen LogP) is -0.243. The van der Waals surface area contributed by atoms with E-state index >= 15 is 0 Å². The summed E-state index contributed by atoms with van der Waals surface area (Å²) in [4.78, 5) is 13.1. The molecule has 0 aromatic rings. The number of hydrogen-bond donors (Lipinski definition) is 2. The second kappa shape index (κ2) is 6.05. The predicted molar refractivity (Wildman–Crippen MR) is 56.7 cm³/mol. The lowest BCUT2D eigenvalue weighted by Crippen LogP contribution is -2.43. The molecule has 0 aromatic heterocycles. The third-order valence-corrected chi connectivity index (χ3v) is 2.89. The molecule has 1 heterocycles. The van der Waals surface area contributed by atoms with Crippen LogP contribution in [0.2, 0.25) is 0 Å². The van der Waals surface area contributed by atoms with Crippen LogP contribution < -0.4 is 5.73 Å². The van der Waals surface area contributed by atoms with Gasteiger partial charge in [-0.3, -0.25) is 9.69 Å². The molecule has 0 aliphatic carbocycles. The van der Waals surface area contributed by atoms with E-state index in [9.17, 15) is 4.79 Å². The lowest BCUT2D eigenvalue weighted by molar-refractivity contribution is -0.143. The smallest absolute Gasteiger partial charge is 0.310 e. The van der Waals surface area contributed by atoms with E-state index in [-0.39, 0.29) is 12.0 Å². The second-order valence-electron chi connectivity index (χ2n) is 3.82. The lowest BCUT2D eigenvalue weighted by Gasteiger charge is -2.28. The number of aliphatic carboxylic acids is 1. The van der Waals surface area contributed by atoms with Crippen LogP contribution in [0.1, 0.15) is 13.3 Å². The van der Waals surface area contributed by atoms with Crippen molar-refractivity contribution in [3.05, 3.63) is 0 Å². The van der Waals surface area contributed by atoms with Crippen LogP contribution in [0, 0.1) is 5.92 Å². The van der Waals surface area contributed by atoms with Crippen molar-refractivity contribution in [3.63, 3.8) is 0 Å². The van der Waals surface area contributed by atoms with E-state index < -0.39 is 5.97 Å². The van der Waals surface area contributed by atoms with Crippen molar-refractivity contribution in [1.82, 2.24) is 4.90 Å². The highest BCUT2D eigenvalue weighted by Crippen LogP contribution is 2.19. The molecule has 0 radical (unpaired) electrons. The molecule has 1 rings (SSSR count). The van der Waals surface area contributed by atoms with Crippen LogP contribution in [0.5, 0.6) is 0 Å². The zero-order chi connectivity index (χ0) is 11.3. The van der Waals surface area contributed by atoms with Gasteiger partial charge in [-0.05, 0) is 26.1 Å². The molecule has 2 atom stereocenters. The van der Waals surface area contributed by atoms with E-state index in [1.807, 2.05) is 6.92 Å². The maximum Gasteiger partial charge on any atom is 0.310 e. The van der Waals surface area contributed by atoms with Gasteiger partial charge in [0.05, 0.1) is 19.1 Å². The second-order valence-corrected chi connectivity index (χ2v) is 3.82. The standard InChI is InChI=1S/C10H20N2O3/c1-2-12(5-3-4-11)9-7-15-6-8(9)10(13)14/h8-9H,2-7,11H2,1H3,(H,13,14).